The molecule has 1 fully saturated rings. The van der Waals surface area contributed by atoms with E-state index in [0.29, 0.717) is 16.3 Å². The molecule has 23 heavy (non-hydrogen) atoms. The average molecular weight is 335 g/mol. The molecule has 0 amide bonds. The Labute approximate surface area is 136 Å². The van der Waals surface area contributed by atoms with Crippen molar-refractivity contribution in [1.82, 2.24) is 19.5 Å². The lowest BCUT2D eigenvalue weighted by atomic mass is 9.68. The molecule has 9 heteroatoms. The second-order valence-corrected chi connectivity index (χ2v) is 6.77. The first-order valence-corrected chi connectivity index (χ1v) is 8.46. The zero-order valence-corrected chi connectivity index (χ0v) is 13.2. The molecule has 2 heterocycles. The summed E-state index contributed by atoms with van der Waals surface area (Å²) in [6, 6.07) is -0.462. The van der Waals surface area contributed by atoms with E-state index in [4.69, 9.17) is 5.73 Å². The zero-order chi connectivity index (χ0) is 16.4. The summed E-state index contributed by atoms with van der Waals surface area (Å²) >= 11 is 1.36. The molecule has 1 saturated carbocycles. The van der Waals surface area contributed by atoms with Gasteiger partial charge in [0.1, 0.15) is 11.6 Å². The summed E-state index contributed by atoms with van der Waals surface area (Å²) in [5, 5.41) is 31.1. The van der Waals surface area contributed by atoms with E-state index >= 15 is 0 Å². The van der Waals surface area contributed by atoms with Crippen molar-refractivity contribution in [2.24, 2.45) is 11.3 Å². The van der Waals surface area contributed by atoms with Crippen LogP contribution in [-0.4, -0.2) is 59.9 Å². The van der Waals surface area contributed by atoms with Gasteiger partial charge in [-0.25, -0.2) is 15.0 Å². The third-order valence-corrected chi connectivity index (χ3v) is 5.58. The number of aliphatic hydroxyl groups is 3. The van der Waals surface area contributed by atoms with Gasteiger partial charge in [-0.1, -0.05) is 23.9 Å². The van der Waals surface area contributed by atoms with Crippen molar-refractivity contribution in [3.63, 3.8) is 0 Å². The van der Waals surface area contributed by atoms with Crippen molar-refractivity contribution in [3.8, 4) is 0 Å². The highest BCUT2D eigenvalue weighted by Gasteiger charge is 2.62. The Bertz CT molecular complexity index is 809. The number of thioether (sulfide) groups is 1. The maximum atomic E-state index is 10.5. The first-order chi connectivity index (χ1) is 11.0. The second kappa shape index (κ2) is 4.91. The Morgan fingerprint density at radius 1 is 1.39 bits per heavy atom. The molecule has 2 aromatic rings. The summed E-state index contributed by atoms with van der Waals surface area (Å²) in [4.78, 5) is 12.9. The van der Waals surface area contributed by atoms with Gasteiger partial charge in [-0.05, 0) is 6.26 Å². The number of aliphatic hydroxyl groups excluding tert-OH is 3. The third kappa shape index (κ3) is 1.76. The van der Waals surface area contributed by atoms with Gasteiger partial charge in [-0.2, -0.15) is 0 Å². The van der Waals surface area contributed by atoms with Crippen LogP contribution in [0.2, 0.25) is 0 Å². The Balaban J connectivity index is 1.87. The summed E-state index contributed by atoms with van der Waals surface area (Å²) in [6.45, 7) is -0.220. The largest absolute Gasteiger partial charge is 0.395 e. The van der Waals surface area contributed by atoms with Crippen molar-refractivity contribution < 1.29 is 15.3 Å². The predicted molar refractivity (Wildman–Crippen MR) is 84.7 cm³/mol. The van der Waals surface area contributed by atoms with Gasteiger partial charge in [0.05, 0.1) is 25.1 Å². The van der Waals surface area contributed by atoms with Crippen LogP contribution in [0.15, 0.2) is 23.6 Å². The number of nitrogen functional groups attached to an aromatic ring is 1. The van der Waals surface area contributed by atoms with Crippen molar-refractivity contribution in [2.75, 3.05) is 18.6 Å². The topological polar surface area (TPSA) is 130 Å². The van der Waals surface area contributed by atoms with Crippen LogP contribution in [0.3, 0.4) is 0 Å². The maximum absolute atomic E-state index is 10.5. The van der Waals surface area contributed by atoms with Gasteiger partial charge in [-0.15, -0.1) is 0 Å². The van der Waals surface area contributed by atoms with Gasteiger partial charge in [0.25, 0.3) is 0 Å². The summed E-state index contributed by atoms with van der Waals surface area (Å²) in [6.07, 6.45) is 4.99. The standard InChI is InChI=1S/C14H17N5O3S/c1-23-13-17-11(15)7-12(18-13)19(5-16-7)8-6-2-3-14(6,4-20)10(22)9(8)21/h2-3,5-6,8-10,20-22H,4H2,1H3,(H2,15,17,18)/t6-,8-,9+,10+,14+/m1/s1. The molecule has 0 unspecified atom stereocenters. The van der Waals surface area contributed by atoms with Crippen LogP contribution >= 0.6 is 11.8 Å². The van der Waals surface area contributed by atoms with Crippen molar-refractivity contribution >= 4 is 28.7 Å². The fourth-order valence-electron chi connectivity index (χ4n) is 3.72. The second-order valence-electron chi connectivity index (χ2n) is 6.00. The normalized spacial score (nSPS) is 35.5. The average Bonchev–Trinajstić information content (AvgIpc) is 3.00. The van der Waals surface area contributed by atoms with Crippen molar-refractivity contribution in [3.05, 3.63) is 18.5 Å². The summed E-state index contributed by atoms with van der Waals surface area (Å²) in [7, 11) is 0. The predicted octanol–water partition coefficient (Wildman–Crippen LogP) is -0.428. The quantitative estimate of drug-likeness (QED) is 0.338. The molecule has 122 valence electrons. The lowest BCUT2D eigenvalue weighted by molar-refractivity contribution is -0.0367. The molecular formula is C14H17N5O3S. The molecule has 4 rings (SSSR count). The van der Waals surface area contributed by atoms with Gasteiger partial charge in [0.2, 0.25) is 0 Å². The summed E-state index contributed by atoms with van der Waals surface area (Å²) in [5.74, 6) is 0.0903. The van der Waals surface area contributed by atoms with Crippen LogP contribution in [0.1, 0.15) is 6.04 Å². The molecule has 2 aliphatic carbocycles. The first kappa shape index (κ1) is 14.9. The molecule has 5 N–H and O–H groups in total. The number of nitrogens with two attached hydrogens (primary N) is 1. The van der Waals surface area contributed by atoms with Crippen LogP contribution in [0.4, 0.5) is 5.82 Å². The summed E-state index contributed by atoms with van der Waals surface area (Å²) < 4.78 is 1.73. The molecule has 0 radical (unpaired) electrons. The minimum Gasteiger partial charge on any atom is -0.395 e. The van der Waals surface area contributed by atoms with Gasteiger partial charge in [0.15, 0.2) is 16.6 Å². The number of fused-ring (bicyclic) bond motifs is 2. The highest BCUT2D eigenvalue weighted by molar-refractivity contribution is 7.98. The molecule has 0 bridgehead atoms. The van der Waals surface area contributed by atoms with Gasteiger partial charge in [-0.3, -0.25) is 0 Å². The van der Waals surface area contributed by atoms with E-state index in [1.165, 1.54) is 11.8 Å². The zero-order valence-electron chi connectivity index (χ0n) is 12.4. The van der Waals surface area contributed by atoms with E-state index < -0.39 is 23.7 Å². The molecule has 0 aliphatic heterocycles. The maximum Gasteiger partial charge on any atom is 0.191 e. The molecule has 0 spiro atoms. The van der Waals surface area contributed by atoms with Crippen LogP contribution in [0, 0.1) is 11.3 Å². The Morgan fingerprint density at radius 3 is 2.74 bits per heavy atom. The van der Waals surface area contributed by atoms with Crippen molar-refractivity contribution in [2.45, 2.75) is 23.4 Å². The van der Waals surface area contributed by atoms with Crippen LogP contribution in [0.25, 0.3) is 11.2 Å². The van der Waals surface area contributed by atoms with Crippen LogP contribution < -0.4 is 5.73 Å². The van der Waals surface area contributed by atoms with E-state index in [1.807, 2.05) is 12.3 Å². The number of hydrogen-bond donors (Lipinski definition) is 4. The van der Waals surface area contributed by atoms with E-state index in [-0.39, 0.29) is 18.3 Å². The Hall–Kier alpha value is -1.68. The lowest BCUT2D eigenvalue weighted by Gasteiger charge is -2.40. The number of nitrogens with zero attached hydrogens (tertiary/aromatic N) is 4. The van der Waals surface area contributed by atoms with E-state index in [1.54, 1.807) is 17.0 Å². The Kier molecular flexibility index (Phi) is 3.17. The van der Waals surface area contributed by atoms with Crippen LogP contribution in [-0.2, 0) is 0 Å². The number of aromatic nitrogens is 4. The van der Waals surface area contributed by atoms with Crippen LogP contribution in [0.5, 0.6) is 0 Å². The summed E-state index contributed by atoms with van der Waals surface area (Å²) in [5.41, 5.74) is 6.11. The fourth-order valence-corrected chi connectivity index (χ4v) is 4.08. The molecule has 0 aromatic carbocycles. The molecule has 8 nitrogen and oxygen atoms in total. The molecule has 2 aromatic heterocycles. The number of hydrogen-bond acceptors (Lipinski definition) is 8. The Morgan fingerprint density at radius 2 is 2.17 bits per heavy atom. The smallest absolute Gasteiger partial charge is 0.191 e. The fraction of sp³-hybridized carbons (Fsp3) is 0.500. The van der Waals surface area contributed by atoms with E-state index in [9.17, 15) is 15.3 Å². The SMILES string of the molecule is CSc1nc(N)c2ncn([C@H]3[C@H](O)[C@H](O)[C@]4(CO)C=C[C@H]34)c2n1. The molecule has 2 aliphatic rings. The van der Waals surface area contributed by atoms with Crippen molar-refractivity contribution in [1.29, 1.82) is 0 Å². The minimum atomic E-state index is -1.04. The third-order valence-electron chi connectivity index (χ3n) is 5.03. The van der Waals surface area contributed by atoms with Gasteiger partial charge in [0, 0.05) is 11.3 Å². The molecule has 0 saturated heterocycles. The van der Waals surface area contributed by atoms with E-state index in [0.717, 1.165) is 0 Å². The van der Waals surface area contributed by atoms with Gasteiger partial charge >= 0.3 is 0 Å². The van der Waals surface area contributed by atoms with E-state index in [2.05, 4.69) is 15.0 Å². The number of anilines is 1. The first-order valence-electron chi connectivity index (χ1n) is 7.24. The molecular weight excluding hydrogens is 318 g/mol. The minimum absolute atomic E-state index is 0.191. The number of imidazole rings is 1. The monoisotopic (exact) mass is 335 g/mol. The number of rotatable bonds is 3. The highest BCUT2D eigenvalue weighted by atomic mass is 32.2. The van der Waals surface area contributed by atoms with Gasteiger partial charge < -0.3 is 25.6 Å². The molecule has 5 atom stereocenters. The lowest BCUT2D eigenvalue weighted by Crippen LogP contribution is -2.44. The highest BCUT2D eigenvalue weighted by Crippen LogP contribution is 2.57. The number of allylic oxidation sites excluding steroid dienone is 1.